The molecule has 0 spiro atoms. The fraction of sp³-hybridized carbons (Fsp3) is 0.0833. The number of hydrogen-bond donors (Lipinski definition) is 1. The molecule has 0 radical (unpaired) electrons. The van der Waals surface area contributed by atoms with E-state index in [1.807, 2.05) is 6.07 Å². The number of benzene rings is 1. The summed E-state index contributed by atoms with van der Waals surface area (Å²) in [6.07, 6.45) is 1.23. The van der Waals surface area contributed by atoms with Crippen LogP contribution in [0.5, 0.6) is 5.75 Å². The number of aromatic nitrogens is 2. The van der Waals surface area contributed by atoms with Crippen LogP contribution in [0.1, 0.15) is 10.4 Å². The van der Waals surface area contributed by atoms with Crippen molar-refractivity contribution in [2.75, 3.05) is 12.3 Å². The second-order valence-corrected chi connectivity index (χ2v) is 4.04. The fourth-order valence-corrected chi connectivity index (χ4v) is 1.51. The molecule has 1 heterocycles. The lowest BCUT2D eigenvalue weighted by atomic mass is 10.3. The van der Waals surface area contributed by atoms with Crippen molar-refractivity contribution in [3.63, 3.8) is 0 Å². The lowest BCUT2D eigenvalue weighted by Gasteiger charge is -2.06. The van der Waals surface area contributed by atoms with Gasteiger partial charge in [0, 0.05) is 5.02 Å². The molecule has 0 saturated heterocycles. The average Bonchev–Trinajstić information content (AvgIpc) is 2.79. The zero-order chi connectivity index (χ0) is 13.8. The van der Waals surface area contributed by atoms with E-state index in [-0.39, 0.29) is 18.0 Å². The molecule has 2 aromatic rings. The third-order valence-corrected chi connectivity index (χ3v) is 2.59. The number of nitrogens with two attached hydrogens (primary N) is 1. The third kappa shape index (κ3) is 2.84. The van der Waals surface area contributed by atoms with E-state index in [1.165, 1.54) is 6.20 Å². The molecule has 0 atom stereocenters. The minimum atomic E-state index is -0.464. The molecule has 0 aliphatic carbocycles. The van der Waals surface area contributed by atoms with Gasteiger partial charge in [-0.2, -0.15) is 15.0 Å². The van der Waals surface area contributed by atoms with Crippen molar-refractivity contribution < 1.29 is 9.53 Å². The maximum absolute atomic E-state index is 11.8. The van der Waals surface area contributed by atoms with E-state index in [0.717, 1.165) is 4.68 Å². The minimum absolute atomic E-state index is 0.00667. The Bertz CT molecular complexity index is 643. The molecule has 0 aliphatic heterocycles. The van der Waals surface area contributed by atoms with Crippen molar-refractivity contribution in [3.05, 3.63) is 41.0 Å². The first-order chi connectivity index (χ1) is 9.11. The summed E-state index contributed by atoms with van der Waals surface area (Å²) in [5.74, 6) is 0.0464. The summed E-state index contributed by atoms with van der Waals surface area (Å²) in [6, 6.07) is 8.42. The predicted octanol–water partition coefficient (Wildman–Crippen LogP) is 1.71. The van der Waals surface area contributed by atoms with E-state index in [1.54, 1.807) is 24.3 Å². The molecule has 1 aromatic heterocycles. The van der Waals surface area contributed by atoms with Gasteiger partial charge in [-0.05, 0) is 24.3 Å². The SMILES string of the molecule is N#Cc1cnn(C(=O)COc2ccc(Cl)cc2)c1N. The summed E-state index contributed by atoms with van der Waals surface area (Å²) in [5, 5.41) is 13.0. The topological polar surface area (TPSA) is 93.9 Å². The van der Waals surface area contributed by atoms with E-state index in [4.69, 9.17) is 27.3 Å². The Morgan fingerprint density at radius 3 is 2.74 bits per heavy atom. The predicted molar refractivity (Wildman–Crippen MR) is 68.9 cm³/mol. The smallest absolute Gasteiger partial charge is 0.286 e. The quantitative estimate of drug-likeness (QED) is 0.921. The van der Waals surface area contributed by atoms with Gasteiger partial charge < -0.3 is 10.5 Å². The van der Waals surface area contributed by atoms with Gasteiger partial charge in [0.05, 0.1) is 6.20 Å². The monoisotopic (exact) mass is 276 g/mol. The van der Waals surface area contributed by atoms with Crippen molar-refractivity contribution in [2.24, 2.45) is 0 Å². The normalized spacial score (nSPS) is 9.89. The third-order valence-electron chi connectivity index (χ3n) is 2.34. The number of nitrogens with zero attached hydrogens (tertiary/aromatic N) is 3. The van der Waals surface area contributed by atoms with Crippen molar-refractivity contribution in [3.8, 4) is 11.8 Å². The molecule has 0 aliphatic rings. The minimum Gasteiger partial charge on any atom is -0.484 e. The zero-order valence-corrected chi connectivity index (χ0v) is 10.5. The largest absolute Gasteiger partial charge is 0.484 e. The first kappa shape index (κ1) is 12.9. The number of anilines is 1. The van der Waals surface area contributed by atoms with Gasteiger partial charge in [-0.1, -0.05) is 11.6 Å². The van der Waals surface area contributed by atoms with Crippen LogP contribution in [0.4, 0.5) is 5.82 Å². The Kier molecular flexibility index (Phi) is 3.68. The summed E-state index contributed by atoms with van der Waals surface area (Å²) in [7, 11) is 0. The molecule has 7 heteroatoms. The molecule has 96 valence electrons. The van der Waals surface area contributed by atoms with Gasteiger partial charge in [-0.15, -0.1) is 0 Å². The van der Waals surface area contributed by atoms with Crippen LogP contribution in [0.2, 0.25) is 5.02 Å². The standard InChI is InChI=1S/C12H9ClN4O2/c13-9-1-3-10(4-2-9)19-7-11(18)17-12(15)8(5-14)6-16-17/h1-4,6H,7,15H2. The number of carbonyl (C=O) groups is 1. The van der Waals surface area contributed by atoms with Crippen LogP contribution in [0, 0.1) is 11.3 Å². The summed E-state index contributed by atoms with van der Waals surface area (Å²) in [6.45, 7) is -0.238. The molecule has 6 nitrogen and oxygen atoms in total. The summed E-state index contributed by atoms with van der Waals surface area (Å²) in [4.78, 5) is 11.8. The molecule has 2 rings (SSSR count). The van der Waals surface area contributed by atoms with Crippen molar-refractivity contribution in [1.29, 1.82) is 5.26 Å². The van der Waals surface area contributed by atoms with Gasteiger partial charge in [-0.3, -0.25) is 4.79 Å². The molecule has 2 N–H and O–H groups in total. The molecular weight excluding hydrogens is 268 g/mol. The summed E-state index contributed by atoms with van der Waals surface area (Å²) >= 11 is 5.73. The molecule has 1 aromatic carbocycles. The Labute approximate surface area is 114 Å². The molecular formula is C12H9ClN4O2. The number of rotatable bonds is 3. The van der Waals surface area contributed by atoms with E-state index >= 15 is 0 Å². The van der Waals surface area contributed by atoms with Crippen molar-refractivity contribution >= 4 is 23.3 Å². The fourth-order valence-electron chi connectivity index (χ4n) is 1.38. The maximum Gasteiger partial charge on any atom is 0.286 e. The van der Waals surface area contributed by atoms with Crippen LogP contribution >= 0.6 is 11.6 Å². The van der Waals surface area contributed by atoms with Crippen LogP contribution in [0.25, 0.3) is 0 Å². The van der Waals surface area contributed by atoms with Crippen LogP contribution < -0.4 is 10.5 Å². The Balaban J connectivity index is 2.03. The number of halogens is 1. The van der Waals surface area contributed by atoms with Crippen LogP contribution in [-0.4, -0.2) is 22.3 Å². The van der Waals surface area contributed by atoms with Crippen molar-refractivity contribution in [2.45, 2.75) is 0 Å². The highest BCUT2D eigenvalue weighted by molar-refractivity contribution is 6.30. The Hall–Kier alpha value is -2.52. The molecule has 0 bridgehead atoms. The Morgan fingerprint density at radius 1 is 1.47 bits per heavy atom. The van der Waals surface area contributed by atoms with E-state index in [9.17, 15) is 4.79 Å². The van der Waals surface area contributed by atoms with Gasteiger partial charge in [-0.25, -0.2) is 0 Å². The maximum atomic E-state index is 11.8. The zero-order valence-electron chi connectivity index (χ0n) is 9.71. The second-order valence-electron chi connectivity index (χ2n) is 3.60. The van der Waals surface area contributed by atoms with Gasteiger partial charge >= 0.3 is 0 Å². The number of ether oxygens (including phenoxy) is 1. The molecule has 0 unspecified atom stereocenters. The second kappa shape index (κ2) is 5.42. The molecule has 0 amide bonds. The summed E-state index contributed by atoms with van der Waals surface area (Å²) in [5.41, 5.74) is 5.74. The van der Waals surface area contributed by atoms with Gasteiger partial charge in [0.2, 0.25) is 0 Å². The molecule has 0 saturated carbocycles. The molecule has 19 heavy (non-hydrogen) atoms. The highest BCUT2D eigenvalue weighted by atomic mass is 35.5. The summed E-state index contributed by atoms with van der Waals surface area (Å²) < 4.78 is 6.21. The van der Waals surface area contributed by atoms with E-state index in [2.05, 4.69) is 5.10 Å². The van der Waals surface area contributed by atoms with Gasteiger partial charge in [0.25, 0.3) is 5.91 Å². The van der Waals surface area contributed by atoms with E-state index in [0.29, 0.717) is 10.8 Å². The highest BCUT2D eigenvalue weighted by Gasteiger charge is 2.14. The van der Waals surface area contributed by atoms with Crippen LogP contribution in [0.15, 0.2) is 30.5 Å². The van der Waals surface area contributed by atoms with Gasteiger partial charge in [0.15, 0.2) is 6.61 Å². The lowest BCUT2D eigenvalue weighted by Crippen LogP contribution is -2.22. The van der Waals surface area contributed by atoms with Crippen LogP contribution in [0.3, 0.4) is 0 Å². The Morgan fingerprint density at radius 2 is 2.16 bits per heavy atom. The number of hydrogen-bond acceptors (Lipinski definition) is 5. The first-order valence-electron chi connectivity index (χ1n) is 5.27. The number of nitrogen functional groups attached to an aromatic ring is 1. The first-order valence-corrected chi connectivity index (χ1v) is 5.65. The lowest BCUT2D eigenvalue weighted by molar-refractivity contribution is 0.0824. The highest BCUT2D eigenvalue weighted by Crippen LogP contribution is 2.16. The molecule has 0 fully saturated rings. The van der Waals surface area contributed by atoms with Gasteiger partial charge in [0.1, 0.15) is 23.2 Å². The number of carbonyl (C=O) groups excluding carboxylic acids is 1. The van der Waals surface area contributed by atoms with E-state index < -0.39 is 5.91 Å². The van der Waals surface area contributed by atoms with Crippen molar-refractivity contribution in [1.82, 2.24) is 9.78 Å². The number of nitriles is 1. The average molecular weight is 277 g/mol. The van der Waals surface area contributed by atoms with Crippen LogP contribution in [-0.2, 0) is 0 Å².